The summed E-state index contributed by atoms with van der Waals surface area (Å²) in [4.78, 5) is 13.0. The summed E-state index contributed by atoms with van der Waals surface area (Å²) in [7, 11) is 2.09. The summed E-state index contributed by atoms with van der Waals surface area (Å²) in [5.41, 5.74) is 1.89. The third kappa shape index (κ3) is 4.24. The third-order valence-electron chi connectivity index (χ3n) is 4.23. The summed E-state index contributed by atoms with van der Waals surface area (Å²) in [5, 5.41) is 9.44. The van der Waals surface area contributed by atoms with Crippen LogP contribution in [-0.4, -0.2) is 24.2 Å². The Morgan fingerprint density at radius 2 is 2.19 bits per heavy atom. The molecule has 1 aliphatic rings. The lowest BCUT2D eigenvalue weighted by Crippen LogP contribution is -2.35. The van der Waals surface area contributed by atoms with Gasteiger partial charge in [-0.05, 0) is 48.6 Å². The number of halogens is 1. The Bertz CT molecular complexity index is 542. The van der Waals surface area contributed by atoms with E-state index >= 15 is 0 Å². The molecule has 114 valence electrons. The van der Waals surface area contributed by atoms with Crippen molar-refractivity contribution in [1.82, 2.24) is 0 Å². The molecule has 0 aromatic heterocycles. The van der Waals surface area contributed by atoms with Gasteiger partial charge in [0, 0.05) is 29.9 Å². The average Bonchev–Trinajstić information content (AvgIpc) is 2.44. The van der Waals surface area contributed by atoms with E-state index in [0.29, 0.717) is 11.1 Å². The molecule has 1 N–H and O–H groups in total. The van der Waals surface area contributed by atoms with Crippen LogP contribution >= 0.6 is 11.6 Å². The fourth-order valence-electron chi connectivity index (χ4n) is 3.09. The smallest absolute Gasteiger partial charge is 0.328 e. The van der Waals surface area contributed by atoms with Crippen LogP contribution in [0.5, 0.6) is 0 Å². The van der Waals surface area contributed by atoms with Crippen LogP contribution < -0.4 is 4.90 Å². The fourth-order valence-corrected chi connectivity index (χ4v) is 3.27. The van der Waals surface area contributed by atoms with Crippen molar-refractivity contribution in [2.24, 2.45) is 5.92 Å². The number of aliphatic carboxylic acids is 1. The van der Waals surface area contributed by atoms with Gasteiger partial charge in [-0.2, -0.15) is 0 Å². The number of carboxylic acid groups (broad SMARTS) is 1. The molecule has 0 heterocycles. The normalized spacial score (nSPS) is 22.4. The second kappa shape index (κ2) is 6.99. The van der Waals surface area contributed by atoms with E-state index in [-0.39, 0.29) is 0 Å². The highest BCUT2D eigenvalue weighted by Gasteiger charge is 2.23. The Hall–Kier alpha value is -1.48. The standard InChI is InChI=1S/C17H22ClNO2/c1-12-4-3-5-15(10-12)19(2)16-8-7-14(18)11-13(16)6-9-17(20)21/h6-9,11-12,15H,3-5,10H2,1-2H3,(H,20,21)/b9-6+. The summed E-state index contributed by atoms with van der Waals surface area (Å²) in [6.45, 7) is 2.30. The number of hydrogen-bond donors (Lipinski definition) is 1. The molecule has 1 aromatic rings. The minimum atomic E-state index is -0.949. The van der Waals surface area contributed by atoms with E-state index in [1.54, 1.807) is 6.08 Å². The summed E-state index contributed by atoms with van der Waals surface area (Å²) < 4.78 is 0. The maximum atomic E-state index is 10.7. The molecule has 1 aliphatic carbocycles. The molecule has 1 aromatic carbocycles. The van der Waals surface area contributed by atoms with Crippen LogP contribution in [0, 0.1) is 5.92 Å². The number of rotatable bonds is 4. The monoisotopic (exact) mass is 307 g/mol. The summed E-state index contributed by atoms with van der Waals surface area (Å²) in [5.74, 6) is -0.202. The van der Waals surface area contributed by atoms with Crippen LogP contribution in [0.4, 0.5) is 5.69 Å². The molecule has 2 atom stereocenters. The Labute approximate surface area is 131 Å². The highest BCUT2D eigenvalue weighted by atomic mass is 35.5. The van der Waals surface area contributed by atoms with E-state index in [2.05, 4.69) is 18.9 Å². The van der Waals surface area contributed by atoms with Gasteiger partial charge in [-0.25, -0.2) is 4.79 Å². The molecule has 2 unspecified atom stereocenters. The van der Waals surface area contributed by atoms with E-state index in [1.165, 1.54) is 25.7 Å². The van der Waals surface area contributed by atoms with E-state index in [1.807, 2.05) is 18.2 Å². The van der Waals surface area contributed by atoms with E-state index in [0.717, 1.165) is 23.2 Å². The fraction of sp³-hybridized carbons (Fsp3) is 0.471. The average molecular weight is 308 g/mol. The first kappa shape index (κ1) is 15.9. The number of hydrogen-bond acceptors (Lipinski definition) is 2. The molecule has 0 radical (unpaired) electrons. The largest absolute Gasteiger partial charge is 0.478 e. The molecular formula is C17H22ClNO2. The number of anilines is 1. The van der Waals surface area contributed by atoms with Crippen LogP contribution in [-0.2, 0) is 4.79 Å². The first-order chi connectivity index (χ1) is 9.97. The van der Waals surface area contributed by atoms with Crippen LogP contribution in [0.25, 0.3) is 6.08 Å². The molecule has 1 fully saturated rings. The maximum absolute atomic E-state index is 10.7. The highest BCUT2D eigenvalue weighted by molar-refractivity contribution is 6.30. The van der Waals surface area contributed by atoms with Gasteiger partial charge in [0.1, 0.15) is 0 Å². The Balaban J connectivity index is 2.27. The molecule has 0 saturated heterocycles. The quantitative estimate of drug-likeness (QED) is 0.835. The van der Waals surface area contributed by atoms with Gasteiger partial charge in [0.15, 0.2) is 0 Å². The summed E-state index contributed by atoms with van der Waals surface area (Å²) >= 11 is 6.05. The molecule has 0 aliphatic heterocycles. The Morgan fingerprint density at radius 3 is 2.86 bits per heavy atom. The zero-order chi connectivity index (χ0) is 15.4. The third-order valence-corrected chi connectivity index (χ3v) is 4.47. The lowest BCUT2D eigenvalue weighted by Gasteiger charge is -2.36. The van der Waals surface area contributed by atoms with Crippen molar-refractivity contribution in [1.29, 1.82) is 0 Å². The highest BCUT2D eigenvalue weighted by Crippen LogP contribution is 2.32. The zero-order valence-corrected chi connectivity index (χ0v) is 13.3. The van der Waals surface area contributed by atoms with Gasteiger partial charge in [0.05, 0.1) is 0 Å². The van der Waals surface area contributed by atoms with Crippen LogP contribution in [0.1, 0.15) is 38.2 Å². The first-order valence-electron chi connectivity index (χ1n) is 7.40. The first-order valence-corrected chi connectivity index (χ1v) is 7.78. The lowest BCUT2D eigenvalue weighted by atomic mass is 9.86. The predicted octanol–water partition coefficient (Wildman–Crippen LogP) is 4.45. The van der Waals surface area contributed by atoms with Crippen molar-refractivity contribution in [3.05, 3.63) is 34.9 Å². The summed E-state index contributed by atoms with van der Waals surface area (Å²) in [6, 6.07) is 6.16. The second-order valence-corrected chi connectivity index (χ2v) is 6.35. The molecule has 4 heteroatoms. The van der Waals surface area contributed by atoms with Crippen molar-refractivity contribution >= 4 is 29.3 Å². The Morgan fingerprint density at radius 1 is 1.43 bits per heavy atom. The second-order valence-electron chi connectivity index (χ2n) is 5.91. The van der Waals surface area contributed by atoms with Gasteiger partial charge < -0.3 is 10.0 Å². The van der Waals surface area contributed by atoms with E-state index in [4.69, 9.17) is 16.7 Å². The molecular weight excluding hydrogens is 286 g/mol. The van der Waals surface area contributed by atoms with Gasteiger partial charge in [-0.1, -0.05) is 31.4 Å². The van der Waals surface area contributed by atoms with Gasteiger partial charge in [-0.3, -0.25) is 0 Å². The van der Waals surface area contributed by atoms with E-state index in [9.17, 15) is 4.79 Å². The lowest BCUT2D eigenvalue weighted by molar-refractivity contribution is -0.131. The molecule has 2 rings (SSSR count). The molecule has 0 bridgehead atoms. The van der Waals surface area contributed by atoms with Crippen molar-refractivity contribution in [2.45, 2.75) is 38.6 Å². The molecule has 0 spiro atoms. The van der Waals surface area contributed by atoms with Crippen LogP contribution in [0.15, 0.2) is 24.3 Å². The zero-order valence-electron chi connectivity index (χ0n) is 12.6. The van der Waals surface area contributed by atoms with Gasteiger partial charge in [0.2, 0.25) is 0 Å². The van der Waals surface area contributed by atoms with Gasteiger partial charge >= 0.3 is 5.97 Å². The number of benzene rings is 1. The molecule has 3 nitrogen and oxygen atoms in total. The van der Waals surface area contributed by atoms with Gasteiger partial charge in [0.25, 0.3) is 0 Å². The van der Waals surface area contributed by atoms with Crippen LogP contribution in [0.2, 0.25) is 5.02 Å². The minimum absolute atomic E-state index is 0.506. The number of nitrogens with zero attached hydrogens (tertiary/aromatic N) is 1. The van der Waals surface area contributed by atoms with Crippen molar-refractivity contribution in [2.75, 3.05) is 11.9 Å². The predicted molar refractivity (Wildman–Crippen MR) is 87.9 cm³/mol. The molecule has 21 heavy (non-hydrogen) atoms. The summed E-state index contributed by atoms with van der Waals surface area (Å²) in [6.07, 6.45) is 7.70. The van der Waals surface area contributed by atoms with Crippen molar-refractivity contribution < 1.29 is 9.90 Å². The maximum Gasteiger partial charge on any atom is 0.328 e. The molecule has 0 amide bonds. The Kier molecular flexibility index (Phi) is 5.29. The molecule has 1 saturated carbocycles. The number of carboxylic acids is 1. The van der Waals surface area contributed by atoms with Gasteiger partial charge in [-0.15, -0.1) is 0 Å². The van der Waals surface area contributed by atoms with Crippen LogP contribution in [0.3, 0.4) is 0 Å². The minimum Gasteiger partial charge on any atom is -0.478 e. The van der Waals surface area contributed by atoms with Crippen molar-refractivity contribution in [3.8, 4) is 0 Å². The van der Waals surface area contributed by atoms with Crippen molar-refractivity contribution in [3.63, 3.8) is 0 Å². The topological polar surface area (TPSA) is 40.5 Å². The SMILES string of the molecule is CC1CCCC(N(C)c2ccc(Cl)cc2/C=C/C(=O)O)C1. The van der Waals surface area contributed by atoms with E-state index < -0.39 is 5.97 Å². The number of carbonyl (C=O) groups is 1.